The fourth-order valence-electron chi connectivity index (χ4n) is 3.73. The number of fused-ring (bicyclic) bond motifs is 3. The Hall–Kier alpha value is -3.94. The van der Waals surface area contributed by atoms with Gasteiger partial charge < -0.3 is 13.4 Å². The van der Waals surface area contributed by atoms with Crippen LogP contribution in [0.3, 0.4) is 0 Å². The first-order valence-electron chi connectivity index (χ1n) is 11.1. The minimum Gasteiger partial charge on any atom is -0.744 e. The fraction of sp³-hybridized carbons (Fsp3) is 0. The molecule has 4 aromatic carbocycles. The third-order valence-corrected chi connectivity index (χ3v) is 8.96. The van der Waals surface area contributed by atoms with E-state index in [1.165, 1.54) is 6.07 Å². The molecule has 11 heteroatoms. The van der Waals surface area contributed by atoms with Crippen LogP contribution in [0.1, 0.15) is 0 Å². The number of benzene rings is 4. The van der Waals surface area contributed by atoms with Crippen LogP contribution in [-0.4, -0.2) is 13.0 Å². The summed E-state index contributed by atoms with van der Waals surface area (Å²) in [6.07, 6.45) is 0. The highest BCUT2D eigenvalue weighted by atomic mass is 127. The van der Waals surface area contributed by atoms with Gasteiger partial charge in [-0.05, 0) is 54.6 Å². The van der Waals surface area contributed by atoms with Gasteiger partial charge in [-0.1, -0.05) is 12.1 Å². The van der Waals surface area contributed by atoms with E-state index in [1.807, 2.05) is 48.5 Å². The van der Waals surface area contributed by atoms with Crippen molar-refractivity contribution in [1.29, 1.82) is 0 Å². The first-order valence-corrected chi connectivity index (χ1v) is 14.7. The molecule has 0 atom stereocenters. The van der Waals surface area contributed by atoms with Gasteiger partial charge in [-0.25, -0.2) is 22.0 Å². The Morgan fingerprint density at radius 1 is 0.692 bits per heavy atom. The number of hydrogen-bond acceptors (Lipinski definition) is 7. The minimum absolute atomic E-state index is 0.0118. The molecule has 196 valence electrons. The van der Waals surface area contributed by atoms with E-state index in [0.717, 1.165) is 12.5 Å². The van der Waals surface area contributed by atoms with Crippen molar-refractivity contribution in [3.63, 3.8) is 0 Å². The number of halogens is 3. The van der Waals surface area contributed by atoms with Crippen LogP contribution in [0.5, 0.6) is 0 Å². The second kappa shape index (κ2) is 10.7. The molecule has 2 aromatic heterocycles. The van der Waals surface area contributed by atoms with Gasteiger partial charge in [-0.15, -0.1) is 0 Å². The van der Waals surface area contributed by atoms with Crippen molar-refractivity contribution in [2.75, 3.05) is 0 Å². The van der Waals surface area contributed by atoms with E-state index < -0.39 is 47.9 Å². The zero-order valence-electron chi connectivity index (χ0n) is 19.6. The molecule has 0 unspecified atom stereocenters. The molecule has 2 heterocycles. The minimum atomic E-state index is -4.84. The molecule has 0 saturated carbocycles. The second-order valence-corrected chi connectivity index (χ2v) is 12.5. The zero-order chi connectivity index (χ0) is 27.7. The summed E-state index contributed by atoms with van der Waals surface area (Å²) in [5.41, 5.74) is 1.42. The molecule has 6 aromatic rings. The topological polar surface area (TPSA) is 118 Å². The molecule has 0 fully saturated rings. The smallest absolute Gasteiger partial charge is 0.358 e. The summed E-state index contributed by atoms with van der Waals surface area (Å²) in [4.78, 5) is 23.2. The van der Waals surface area contributed by atoms with E-state index in [4.69, 9.17) is 8.83 Å². The summed E-state index contributed by atoms with van der Waals surface area (Å²) >= 11 is -0.530. The van der Waals surface area contributed by atoms with Gasteiger partial charge >= 0.3 is 26.8 Å². The lowest BCUT2D eigenvalue weighted by molar-refractivity contribution is -0.597. The predicted molar refractivity (Wildman–Crippen MR) is 134 cm³/mol. The van der Waals surface area contributed by atoms with Crippen molar-refractivity contribution >= 4 is 43.0 Å². The number of rotatable bonds is 3. The van der Waals surface area contributed by atoms with Crippen molar-refractivity contribution in [3.8, 4) is 0 Å². The second-order valence-electron chi connectivity index (χ2n) is 8.13. The molecule has 0 aliphatic carbocycles. The molecule has 0 amide bonds. The van der Waals surface area contributed by atoms with Gasteiger partial charge in [0.05, 0.1) is 15.7 Å². The number of hydrogen-bond donors (Lipinski definition) is 0. The average Bonchev–Trinajstić information content (AvgIpc) is 2.88. The predicted octanol–water partition coefficient (Wildman–Crippen LogP) is 2.05. The Morgan fingerprint density at radius 2 is 1.38 bits per heavy atom. The molecular weight excluding hydrogens is 645 g/mol. The third kappa shape index (κ3) is 5.90. The highest BCUT2D eigenvalue weighted by Gasteiger charge is 2.19. The SMILES string of the molecule is O=S(=O)([O-])c1ccc(F)cc1F.O=c1ccc2ccc([I+]c3ccc4oc5ccccc5c(=O)c4c3)cc2o1. The maximum atomic E-state index is 12.8. The van der Waals surface area contributed by atoms with Crippen LogP contribution in [-0.2, 0) is 10.1 Å². The van der Waals surface area contributed by atoms with Gasteiger partial charge in [0.1, 0.15) is 38.5 Å². The van der Waals surface area contributed by atoms with E-state index in [0.29, 0.717) is 45.7 Å². The van der Waals surface area contributed by atoms with Crippen LogP contribution >= 0.6 is 0 Å². The molecule has 0 aliphatic rings. The lowest BCUT2D eigenvalue weighted by Gasteiger charge is -2.06. The van der Waals surface area contributed by atoms with Gasteiger partial charge in [0.2, 0.25) is 5.43 Å². The molecule has 39 heavy (non-hydrogen) atoms. The summed E-state index contributed by atoms with van der Waals surface area (Å²) in [5.74, 6) is -2.30. The molecule has 0 radical (unpaired) electrons. The summed E-state index contributed by atoms with van der Waals surface area (Å²) in [7, 11) is -4.84. The van der Waals surface area contributed by atoms with E-state index >= 15 is 0 Å². The lowest BCUT2D eigenvalue weighted by atomic mass is 10.1. The Balaban J connectivity index is 0.000000217. The van der Waals surface area contributed by atoms with E-state index in [-0.39, 0.29) is 11.1 Å². The van der Waals surface area contributed by atoms with Crippen LogP contribution in [0.15, 0.2) is 114 Å². The van der Waals surface area contributed by atoms with Crippen LogP contribution in [0.4, 0.5) is 8.78 Å². The first-order chi connectivity index (χ1) is 18.6. The fourth-order valence-corrected chi connectivity index (χ4v) is 6.61. The van der Waals surface area contributed by atoms with Crippen molar-refractivity contribution in [3.05, 3.63) is 130 Å². The summed E-state index contributed by atoms with van der Waals surface area (Å²) in [6.45, 7) is 0. The monoisotopic (exact) mass is 660 g/mol. The molecule has 0 N–H and O–H groups in total. The molecule has 0 bridgehead atoms. The van der Waals surface area contributed by atoms with E-state index in [9.17, 15) is 31.3 Å². The Morgan fingerprint density at radius 3 is 2.15 bits per heavy atom. The van der Waals surface area contributed by atoms with E-state index in [2.05, 4.69) is 0 Å². The van der Waals surface area contributed by atoms with Crippen molar-refractivity contribution in [1.82, 2.24) is 0 Å². The first kappa shape index (κ1) is 26.7. The maximum absolute atomic E-state index is 12.8. The highest BCUT2D eigenvalue weighted by Crippen LogP contribution is 2.18. The van der Waals surface area contributed by atoms with Crippen molar-refractivity contribution in [2.24, 2.45) is 0 Å². The van der Waals surface area contributed by atoms with Gasteiger partial charge in [-0.3, -0.25) is 4.79 Å². The maximum Gasteiger partial charge on any atom is 0.358 e. The number of para-hydroxylation sites is 1. The summed E-state index contributed by atoms with van der Waals surface area (Å²) in [5, 5.41) is 2.08. The van der Waals surface area contributed by atoms with Crippen LogP contribution in [0.2, 0.25) is 0 Å². The summed E-state index contributed by atoms with van der Waals surface area (Å²) < 4.78 is 68.8. The largest absolute Gasteiger partial charge is 0.744 e. The van der Waals surface area contributed by atoms with Gasteiger partial charge in [0.15, 0.2) is 7.14 Å². The van der Waals surface area contributed by atoms with Gasteiger partial charge in [0.25, 0.3) is 0 Å². The molecule has 7 nitrogen and oxygen atoms in total. The molecule has 6 rings (SSSR count). The zero-order valence-corrected chi connectivity index (χ0v) is 22.5. The molecule has 0 spiro atoms. The van der Waals surface area contributed by atoms with Crippen LogP contribution in [0.25, 0.3) is 32.9 Å². The van der Waals surface area contributed by atoms with Crippen molar-refractivity contribution in [2.45, 2.75) is 4.90 Å². The third-order valence-electron chi connectivity index (χ3n) is 5.50. The van der Waals surface area contributed by atoms with Gasteiger partial charge in [-0.2, -0.15) is 0 Å². The quantitative estimate of drug-likeness (QED) is 0.124. The highest BCUT2D eigenvalue weighted by molar-refractivity contribution is 7.85. The Labute approximate surface area is 229 Å². The molecule has 0 saturated heterocycles. The molecular formula is C28H15F2IO7S. The Kier molecular flexibility index (Phi) is 7.30. The van der Waals surface area contributed by atoms with Gasteiger partial charge in [0, 0.05) is 29.7 Å². The standard InChI is InChI=1S/C22H12IO4.C6H4F2O3S/c24-21-10-6-13-5-7-15(12-20(13)27-21)23-14-8-9-19-17(11-14)22(25)16-3-1-2-4-18(16)26-19;7-4-1-2-6(5(8)3-4)12(9,10)11/h1-12H;1-3H,(H,9,10,11)/q+1;/p-1. The van der Waals surface area contributed by atoms with E-state index in [1.54, 1.807) is 18.2 Å². The normalized spacial score (nSPS) is 11.5. The lowest BCUT2D eigenvalue weighted by Crippen LogP contribution is -3.61. The average molecular weight is 660 g/mol. The Bertz CT molecular complexity index is 2100. The van der Waals surface area contributed by atoms with Crippen molar-refractivity contribution < 1.29 is 51.8 Å². The van der Waals surface area contributed by atoms with Crippen LogP contribution < -0.4 is 32.3 Å². The summed E-state index contributed by atoms with van der Waals surface area (Å²) in [6, 6.07) is 23.8. The van der Waals surface area contributed by atoms with Crippen LogP contribution in [0, 0.1) is 18.8 Å². The molecule has 0 aliphatic heterocycles.